The Morgan fingerprint density at radius 1 is 1.29 bits per heavy atom. The highest BCUT2D eigenvalue weighted by atomic mass is 16.5. The zero-order valence-corrected chi connectivity index (χ0v) is 14.5. The van der Waals surface area contributed by atoms with Crippen LogP contribution in [0.1, 0.15) is 56.7 Å². The van der Waals surface area contributed by atoms with Gasteiger partial charge in [-0.05, 0) is 44.7 Å². The predicted octanol–water partition coefficient (Wildman–Crippen LogP) is 2.95. The second-order valence-corrected chi connectivity index (χ2v) is 6.80. The van der Waals surface area contributed by atoms with Crippen molar-refractivity contribution in [3.63, 3.8) is 0 Å². The normalized spacial score (nSPS) is 24.2. The number of hydrogen-bond donors (Lipinski definition) is 0. The first kappa shape index (κ1) is 17.4. The number of carbonyl (C=O) groups excluding carboxylic acids is 1. The molecule has 1 aromatic rings. The maximum atomic E-state index is 12.7. The van der Waals surface area contributed by atoms with Crippen LogP contribution in [0.3, 0.4) is 0 Å². The van der Waals surface area contributed by atoms with Gasteiger partial charge in [0, 0.05) is 12.8 Å². The molecule has 2 aliphatic rings. The molecular weight excluding hydrogens is 304 g/mol. The van der Waals surface area contributed by atoms with Crippen LogP contribution in [0.4, 0.5) is 0 Å². The Kier molecular flexibility index (Phi) is 6.21. The van der Waals surface area contributed by atoms with Crippen LogP contribution >= 0.6 is 0 Å². The van der Waals surface area contributed by atoms with Crippen molar-refractivity contribution < 1.29 is 14.3 Å². The minimum absolute atomic E-state index is 0.0665. The van der Waals surface area contributed by atoms with Gasteiger partial charge < -0.3 is 9.47 Å². The highest BCUT2D eigenvalue weighted by Gasteiger charge is 2.21. The molecule has 0 radical (unpaired) electrons. The smallest absolute Gasteiger partial charge is 0.261 e. The average Bonchev–Trinajstić information content (AvgIpc) is 3.14. The molecule has 132 valence electrons. The fourth-order valence-electron chi connectivity index (χ4n) is 3.42. The van der Waals surface area contributed by atoms with Gasteiger partial charge in [0.2, 0.25) is 0 Å². The van der Waals surface area contributed by atoms with Crippen molar-refractivity contribution in [2.24, 2.45) is 4.99 Å². The van der Waals surface area contributed by atoms with Crippen molar-refractivity contribution in [1.29, 1.82) is 0 Å². The van der Waals surface area contributed by atoms with Crippen molar-refractivity contribution >= 4 is 5.91 Å². The van der Waals surface area contributed by atoms with E-state index in [9.17, 15) is 4.79 Å². The largest absolute Gasteiger partial charge is 0.376 e. The fraction of sp³-hybridized carbons (Fsp3) is 0.684. The van der Waals surface area contributed by atoms with Gasteiger partial charge in [-0.25, -0.2) is 0 Å². The van der Waals surface area contributed by atoms with Gasteiger partial charge in [0.05, 0.1) is 18.8 Å². The zero-order chi connectivity index (χ0) is 16.8. The van der Waals surface area contributed by atoms with E-state index in [4.69, 9.17) is 14.5 Å². The Morgan fingerprint density at radius 3 is 2.88 bits per heavy atom. The number of carbonyl (C=O) groups is 1. The molecule has 1 aromatic heterocycles. The number of hydrogen-bond acceptors (Lipinski definition) is 4. The lowest BCUT2D eigenvalue weighted by atomic mass is 9.96. The summed E-state index contributed by atoms with van der Waals surface area (Å²) >= 11 is 0. The van der Waals surface area contributed by atoms with Crippen LogP contribution in [0, 0.1) is 0 Å². The first-order valence-electron chi connectivity index (χ1n) is 9.23. The van der Waals surface area contributed by atoms with Crippen LogP contribution in [0.2, 0.25) is 0 Å². The van der Waals surface area contributed by atoms with E-state index < -0.39 is 6.10 Å². The van der Waals surface area contributed by atoms with Crippen molar-refractivity contribution in [2.75, 3.05) is 13.2 Å². The second kappa shape index (κ2) is 8.58. The summed E-state index contributed by atoms with van der Waals surface area (Å²) in [6.45, 7) is 3.09. The third-order valence-electron chi connectivity index (χ3n) is 4.87. The van der Waals surface area contributed by atoms with E-state index in [2.05, 4.69) is 0 Å². The average molecular weight is 332 g/mol. The third kappa shape index (κ3) is 4.54. The summed E-state index contributed by atoms with van der Waals surface area (Å²) in [4.78, 5) is 17.6. The Bertz CT molecular complexity index is 599. The molecule has 2 fully saturated rings. The molecule has 0 bridgehead atoms. The quantitative estimate of drug-likeness (QED) is 0.833. The van der Waals surface area contributed by atoms with Crippen molar-refractivity contribution in [3.8, 4) is 0 Å². The van der Waals surface area contributed by atoms with E-state index in [0.29, 0.717) is 12.6 Å². The fourth-order valence-corrected chi connectivity index (χ4v) is 3.42. The number of ether oxygens (including phenoxy) is 2. The molecule has 0 spiro atoms. The lowest BCUT2D eigenvalue weighted by Crippen LogP contribution is -2.36. The minimum atomic E-state index is -0.498. The summed E-state index contributed by atoms with van der Waals surface area (Å²) in [5.41, 5.74) is 0.738. The van der Waals surface area contributed by atoms with Gasteiger partial charge in [-0.1, -0.05) is 25.3 Å². The molecule has 0 amide bonds. The molecule has 0 N–H and O–H groups in total. The zero-order valence-electron chi connectivity index (χ0n) is 14.5. The molecule has 1 aliphatic carbocycles. The van der Waals surface area contributed by atoms with Crippen molar-refractivity contribution in [1.82, 2.24) is 4.57 Å². The van der Waals surface area contributed by atoms with Gasteiger partial charge in [-0.3, -0.25) is 14.4 Å². The molecule has 3 rings (SSSR count). The molecular formula is C19H28N2O3. The summed E-state index contributed by atoms with van der Waals surface area (Å²) in [6, 6.07) is 6.05. The number of aromatic nitrogens is 1. The molecule has 24 heavy (non-hydrogen) atoms. The Balaban J connectivity index is 1.68. The summed E-state index contributed by atoms with van der Waals surface area (Å²) in [5, 5.41) is 0. The van der Waals surface area contributed by atoms with E-state index in [1.807, 2.05) is 25.1 Å². The van der Waals surface area contributed by atoms with Crippen molar-refractivity contribution in [3.05, 3.63) is 29.9 Å². The molecule has 1 saturated heterocycles. The summed E-state index contributed by atoms with van der Waals surface area (Å²) in [5.74, 6) is -0.0665. The highest BCUT2D eigenvalue weighted by Crippen LogP contribution is 2.19. The summed E-state index contributed by atoms with van der Waals surface area (Å²) < 4.78 is 12.9. The molecule has 0 aromatic carbocycles. The van der Waals surface area contributed by atoms with Crippen LogP contribution in [0.25, 0.3) is 0 Å². The summed E-state index contributed by atoms with van der Waals surface area (Å²) in [7, 11) is 0. The van der Waals surface area contributed by atoms with Crippen LogP contribution in [0.5, 0.6) is 0 Å². The van der Waals surface area contributed by atoms with Crippen LogP contribution in [-0.4, -0.2) is 41.9 Å². The highest BCUT2D eigenvalue weighted by molar-refractivity contribution is 5.82. The lowest BCUT2D eigenvalue weighted by molar-refractivity contribution is -0.0111. The first-order valence-corrected chi connectivity index (χ1v) is 9.23. The topological polar surface area (TPSA) is 52.8 Å². The Morgan fingerprint density at radius 2 is 2.12 bits per heavy atom. The molecule has 2 heterocycles. The molecule has 1 saturated carbocycles. The number of rotatable bonds is 5. The SMILES string of the molecule is CC(OCC1CCCO1)C(=O)n1ccccc1=NC1CCCCC1. The van der Waals surface area contributed by atoms with E-state index in [1.54, 1.807) is 10.8 Å². The monoisotopic (exact) mass is 332 g/mol. The van der Waals surface area contributed by atoms with Gasteiger partial charge in [0.1, 0.15) is 11.6 Å². The minimum Gasteiger partial charge on any atom is -0.376 e. The molecule has 2 atom stereocenters. The number of pyridine rings is 1. The van der Waals surface area contributed by atoms with E-state index in [0.717, 1.165) is 37.8 Å². The molecule has 5 heteroatoms. The second-order valence-electron chi connectivity index (χ2n) is 6.80. The van der Waals surface area contributed by atoms with Gasteiger partial charge in [0.25, 0.3) is 5.91 Å². The molecule has 1 aliphatic heterocycles. The Labute approximate surface area is 143 Å². The van der Waals surface area contributed by atoms with Crippen LogP contribution in [0.15, 0.2) is 29.4 Å². The van der Waals surface area contributed by atoms with Crippen LogP contribution < -0.4 is 5.49 Å². The van der Waals surface area contributed by atoms with E-state index in [1.165, 1.54) is 19.3 Å². The number of nitrogens with zero attached hydrogens (tertiary/aromatic N) is 2. The predicted molar refractivity (Wildman–Crippen MR) is 91.9 cm³/mol. The first-order chi connectivity index (χ1) is 11.7. The van der Waals surface area contributed by atoms with Gasteiger partial charge >= 0.3 is 0 Å². The maximum absolute atomic E-state index is 12.7. The summed E-state index contributed by atoms with van der Waals surface area (Å²) in [6.07, 6.45) is 9.52. The molecule has 5 nitrogen and oxygen atoms in total. The van der Waals surface area contributed by atoms with Gasteiger partial charge in [-0.15, -0.1) is 0 Å². The third-order valence-corrected chi connectivity index (χ3v) is 4.87. The van der Waals surface area contributed by atoms with Crippen molar-refractivity contribution in [2.45, 2.75) is 70.1 Å². The standard InChI is InChI=1S/C19H28N2O3/c1-15(24-14-17-10-7-13-23-17)19(22)21-12-6-5-11-18(21)20-16-8-3-2-4-9-16/h5-6,11-12,15-17H,2-4,7-10,13-14H2,1H3. The lowest BCUT2D eigenvalue weighted by Gasteiger charge is -2.19. The van der Waals surface area contributed by atoms with Crippen LogP contribution in [-0.2, 0) is 9.47 Å². The van der Waals surface area contributed by atoms with E-state index >= 15 is 0 Å². The van der Waals surface area contributed by atoms with Gasteiger partial charge in [0.15, 0.2) is 0 Å². The molecule has 2 unspecified atom stereocenters. The Hall–Kier alpha value is -1.46. The van der Waals surface area contributed by atoms with E-state index in [-0.39, 0.29) is 12.0 Å². The maximum Gasteiger partial charge on any atom is 0.261 e. The van der Waals surface area contributed by atoms with Gasteiger partial charge in [-0.2, -0.15) is 0 Å².